The summed E-state index contributed by atoms with van der Waals surface area (Å²) >= 11 is 0. The van der Waals surface area contributed by atoms with Gasteiger partial charge >= 0.3 is 0 Å². The predicted octanol–water partition coefficient (Wildman–Crippen LogP) is 1.56. The molecule has 0 radical (unpaired) electrons. The number of carbonyl (C=O) groups excluding carboxylic acids is 1. The summed E-state index contributed by atoms with van der Waals surface area (Å²) in [6.45, 7) is 2.26. The number of aryl methyl sites for hydroxylation is 1. The molecule has 0 spiro atoms. The average Bonchev–Trinajstić information content (AvgIpc) is 2.30. The number of aromatic nitrogens is 2. The largest absolute Gasteiger partial charge is 0.287 e. The predicted molar refractivity (Wildman–Crippen MR) is 59.9 cm³/mol. The van der Waals surface area contributed by atoms with E-state index in [9.17, 15) is 4.79 Å². The molecule has 3 heteroatoms. The Morgan fingerprint density at radius 3 is 2.75 bits per heavy atom. The summed E-state index contributed by atoms with van der Waals surface area (Å²) in [5.41, 5.74) is 1.65. The molecule has 0 amide bonds. The molecule has 16 heavy (non-hydrogen) atoms. The molecule has 2 aromatic rings. The Balaban J connectivity index is 2.14. The van der Waals surface area contributed by atoms with E-state index in [1.54, 1.807) is 12.4 Å². The second kappa shape index (κ2) is 4.66. The Kier molecular flexibility index (Phi) is 3.05. The van der Waals surface area contributed by atoms with Crippen LogP contribution in [0.25, 0.3) is 0 Å². The van der Waals surface area contributed by atoms with E-state index in [1.165, 1.54) is 0 Å². The zero-order valence-corrected chi connectivity index (χ0v) is 9.13. The molecule has 0 saturated carbocycles. The third-order valence-corrected chi connectivity index (χ3v) is 2.31. The van der Waals surface area contributed by atoms with Gasteiger partial charge in [0, 0.05) is 5.56 Å². The number of ketones is 1. The maximum Gasteiger partial charge on any atom is 0.227 e. The second-order valence-corrected chi connectivity index (χ2v) is 3.66. The molecule has 0 N–H and O–H groups in total. The molecule has 1 aromatic heterocycles. The third kappa shape index (κ3) is 2.51. The molecule has 0 bridgehead atoms. The van der Waals surface area contributed by atoms with Gasteiger partial charge in [0.1, 0.15) is 5.69 Å². The third-order valence-electron chi connectivity index (χ3n) is 2.31. The van der Waals surface area contributed by atoms with E-state index in [-0.39, 0.29) is 5.78 Å². The first-order valence-electron chi connectivity index (χ1n) is 5.15. The van der Waals surface area contributed by atoms with Crippen LogP contribution in [-0.4, -0.2) is 10.8 Å². The molecule has 0 aliphatic carbocycles. The van der Waals surface area contributed by atoms with Gasteiger partial charge in [0.2, 0.25) is 12.3 Å². The van der Waals surface area contributed by atoms with Gasteiger partial charge in [-0.3, -0.25) is 4.79 Å². The summed E-state index contributed by atoms with van der Waals surface area (Å²) in [5, 5.41) is 0. The van der Waals surface area contributed by atoms with Crippen LogP contribution in [-0.2, 0) is 6.54 Å². The van der Waals surface area contributed by atoms with Crippen LogP contribution in [0.5, 0.6) is 0 Å². The van der Waals surface area contributed by atoms with Crippen molar-refractivity contribution in [3.05, 3.63) is 60.2 Å². The Bertz CT molecular complexity index is 494. The summed E-state index contributed by atoms with van der Waals surface area (Å²) in [7, 11) is 0. The van der Waals surface area contributed by atoms with Gasteiger partial charge in [0.15, 0.2) is 12.4 Å². The van der Waals surface area contributed by atoms with Crippen LogP contribution in [0.4, 0.5) is 0 Å². The highest BCUT2D eigenvalue weighted by Gasteiger charge is 2.11. The molecule has 0 aliphatic heterocycles. The Morgan fingerprint density at radius 2 is 2.06 bits per heavy atom. The molecular weight excluding hydrogens is 200 g/mol. The van der Waals surface area contributed by atoms with Gasteiger partial charge < -0.3 is 0 Å². The fourth-order valence-corrected chi connectivity index (χ4v) is 1.53. The van der Waals surface area contributed by atoms with Crippen molar-refractivity contribution in [1.29, 1.82) is 0 Å². The van der Waals surface area contributed by atoms with E-state index < -0.39 is 0 Å². The highest BCUT2D eigenvalue weighted by atomic mass is 16.1. The van der Waals surface area contributed by atoms with E-state index in [0.29, 0.717) is 6.54 Å². The summed E-state index contributed by atoms with van der Waals surface area (Å²) in [4.78, 5) is 16.0. The maximum absolute atomic E-state index is 11.9. The van der Waals surface area contributed by atoms with Crippen LogP contribution in [0.2, 0.25) is 0 Å². The first kappa shape index (κ1) is 10.5. The average molecular weight is 213 g/mol. The van der Waals surface area contributed by atoms with Crippen LogP contribution in [0, 0.1) is 6.92 Å². The van der Waals surface area contributed by atoms with Gasteiger partial charge in [-0.2, -0.15) is 4.57 Å². The quantitative estimate of drug-likeness (QED) is 0.572. The number of Topliss-reactive ketones (excluding diaryl/α,β-unsaturated/α-hetero) is 1. The lowest BCUT2D eigenvalue weighted by Crippen LogP contribution is -2.37. The number of hydrogen-bond acceptors (Lipinski definition) is 2. The lowest BCUT2D eigenvalue weighted by Gasteiger charge is -1.97. The van der Waals surface area contributed by atoms with Crippen LogP contribution < -0.4 is 4.57 Å². The van der Waals surface area contributed by atoms with Crippen LogP contribution in [0.15, 0.2) is 48.9 Å². The normalized spacial score (nSPS) is 10.1. The lowest BCUT2D eigenvalue weighted by atomic mass is 10.1. The smallest absolute Gasteiger partial charge is 0.227 e. The maximum atomic E-state index is 11.9. The molecule has 2 rings (SSSR count). The molecule has 0 fully saturated rings. The molecule has 1 aromatic carbocycles. The number of hydrogen-bond donors (Lipinski definition) is 0. The summed E-state index contributed by atoms with van der Waals surface area (Å²) in [5.74, 6) is 0.108. The Hall–Kier alpha value is -2.03. The number of nitrogens with zero attached hydrogens (tertiary/aromatic N) is 2. The highest BCUT2D eigenvalue weighted by molar-refractivity contribution is 5.94. The molecule has 0 unspecified atom stereocenters. The van der Waals surface area contributed by atoms with Crippen molar-refractivity contribution < 1.29 is 9.36 Å². The molecule has 1 heterocycles. The summed E-state index contributed by atoms with van der Waals surface area (Å²) in [6, 6.07) is 9.31. The summed E-state index contributed by atoms with van der Waals surface area (Å²) < 4.78 is 1.84. The van der Waals surface area contributed by atoms with Crippen molar-refractivity contribution in [2.75, 3.05) is 0 Å². The fourth-order valence-electron chi connectivity index (χ4n) is 1.53. The van der Waals surface area contributed by atoms with Gasteiger partial charge in [-0.05, 0) is 6.92 Å². The van der Waals surface area contributed by atoms with Crippen molar-refractivity contribution in [3.63, 3.8) is 0 Å². The standard InChI is InChI=1S/C13H13N2O/c1-11-9-15(8-7-14-11)10-13(16)12-5-3-2-4-6-12/h2-9H,10H2,1H3/q+1. The van der Waals surface area contributed by atoms with Gasteiger partial charge in [-0.1, -0.05) is 30.3 Å². The number of rotatable bonds is 3. The van der Waals surface area contributed by atoms with Crippen LogP contribution in [0.1, 0.15) is 16.1 Å². The van der Waals surface area contributed by atoms with E-state index in [1.807, 2.05) is 48.0 Å². The molecule has 3 nitrogen and oxygen atoms in total. The molecule has 0 saturated heterocycles. The Labute approximate surface area is 94.4 Å². The first-order chi connectivity index (χ1) is 7.75. The van der Waals surface area contributed by atoms with Crippen molar-refractivity contribution >= 4 is 5.78 Å². The SMILES string of the molecule is Cc1c[n+](CC(=O)c2ccccc2)ccn1. The molecule has 0 atom stereocenters. The Morgan fingerprint density at radius 1 is 1.31 bits per heavy atom. The van der Waals surface area contributed by atoms with Crippen molar-refractivity contribution in [1.82, 2.24) is 4.98 Å². The molecule has 0 aliphatic rings. The van der Waals surface area contributed by atoms with E-state index >= 15 is 0 Å². The topological polar surface area (TPSA) is 33.8 Å². The van der Waals surface area contributed by atoms with Gasteiger partial charge in [0.25, 0.3) is 0 Å². The van der Waals surface area contributed by atoms with Gasteiger partial charge in [-0.25, -0.2) is 4.98 Å². The monoisotopic (exact) mass is 213 g/mol. The minimum absolute atomic E-state index is 0.108. The zero-order chi connectivity index (χ0) is 11.4. The van der Waals surface area contributed by atoms with Crippen molar-refractivity contribution in [3.8, 4) is 0 Å². The van der Waals surface area contributed by atoms with E-state index in [4.69, 9.17) is 0 Å². The van der Waals surface area contributed by atoms with E-state index in [2.05, 4.69) is 4.98 Å². The molecular formula is C13H13N2O+. The second-order valence-electron chi connectivity index (χ2n) is 3.66. The zero-order valence-electron chi connectivity index (χ0n) is 9.13. The lowest BCUT2D eigenvalue weighted by molar-refractivity contribution is -0.684. The highest BCUT2D eigenvalue weighted by Crippen LogP contribution is 1.99. The van der Waals surface area contributed by atoms with E-state index in [0.717, 1.165) is 11.3 Å². The van der Waals surface area contributed by atoms with Crippen LogP contribution >= 0.6 is 0 Å². The van der Waals surface area contributed by atoms with Crippen molar-refractivity contribution in [2.45, 2.75) is 13.5 Å². The van der Waals surface area contributed by atoms with Gasteiger partial charge in [-0.15, -0.1) is 0 Å². The van der Waals surface area contributed by atoms with Crippen molar-refractivity contribution in [2.24, 2.45) is 0 Å². The minimum Gasteiger partial charge on any atom is -0.287 e. The first-order valence-corrected chi connectivity index (χ1v) is 5.15. The fraction of sp³-hybridized carbons (Fsp3) is 0.154. The summed E-state index contributed by atoms with van der Waals surface area (Å²) in [6.07, 6.45) is 5.36. The number of carbonyl (C=O) groups is 1. The molecule has 80 valence electrons. The van der Waals surface area contributed by atoms with Gasteiger partial charge in [0.05, 0.1) is 6.20 Å². The van der Waals surface area contributed by atoms with Crippen LogP contribution in [0.3, 0.4) is 0 Å². The minimum atomic E-state index is 0.108. The number of benzene rings is 1.